The number of halogens is 2. The molecule has 0 spiro atoms. The Balaban J connectivity index is 0.00000361. The lowest BCUT2D eigenvalue weighted by atomic mass is 9.96. The van der Waals surface area contributed by atoms with Crippen LogP contribution in [0.4, 0.5) is 0 Å². The van der Waals surface area contributed by atoms with Crippen molar-refractivity contribution in [1.82, 2.24) is 5.32 Å². The highest BCUT2D eigenvalue weighted by molar-refractivity contribution is 6.32. The highest BCUT2D eigenvalue weighted by Gasteiger charge is 2.26. The Morgan fingerprint density at radius 1 is 1.50 bits per heavy atom. The number of benzene rings is 1. The molecule has 1 unspecified atom stereocenters. The molecule has 1 aromatic carbocycles. The molecule has 0 bridgehead atoms. The fourth-order valence-electron chi connectivity index (χ4n) is 1.84. The summed E-state index contributed by atoms with van der Waals surface area (Å²) in [6, 6.07) is 5.41. The summed E-state index contributed by atoms with van der Waals surface area (Å²) >= 11 is 6.02. The van der Waals surface area contributed by atoms with Gasteiger partial charge < -0.3 is 15.8 Å². The zero-order valence-corrected chi connectivity index (χ0v) is 13.6. The van der Waals surface area contributed by atoms with Crippen LogP contribution in [0.25, 0.3) is 0 Å². The molecule has 0 aromatic heterocycles. The number of carbonyl (C=O) groups excluding carboxylic acids is 1. The Morgan fingerprint density at radius 3 is 2.65 bits per heavy atom. The average molecular weight is 321 g/mol. The predicted octanol–water partition coefficient (Wildman–Crippen LogP) is 2.90. The topological polar surface area (TPSA) is 64.4 Å². The van der Waals surface area contributed by atoms with Crippen molar-refractivity contribution >= 4 is 29.9 Å². The molecule has 1 amide bonds. The smallest absolute Gasteiger partial charge is 0.240 e. The first kappa shape index (κ1) is 19.0. The highest BCUT2D eigenvalue weighted by atomic mass is 35.5. The summed E-state index contributed by atoms with van der Waals surface area (Å²) < 4.78 is 5.07. The van der Waals surface area contributed by atoms with Crippen LogP contribution in [0, 0.1) is 0 Å². The summed E-state index contributed by atoms with van der Waals surface area (Å²) in [5.74, 6) is 0.465. The molecule has 1 atom stereocenters. The molecule has 114 valence electrons. The molecule has 6 heteroatoms. The SMILES string of the molecule is CCCC(C)(N)C(=O)NCc1ccc(OC)c(Cl)c1.Cl. The van der Waals surface area contributed by atoms with Crippen molar-refractivity contribution < 1.29 is 9.53 Å². The summed E-state index contributed by atoms with van der Waals surface area (Å²) in [7, 11) is 1.56. The number of ether oxygens (including phenoxy) is 1. The van der Waals surface area contributed by atoms with Crippen LogP contribution in [0.5, 0.6) is 5.75 Å². The minimum absolute atomic E-state index is 0. The van der Waals surface area contributed by atoms with Gasteiger partial charge in [-0.1, -0.05) is 31.0 Å². The summed E-state index contributed by atoms with van der Waals surface area (Å²) in [5.41, 5.74) is 6.03. The van der Waals surface area contributed by atoms with Gasteiger partial charge in [0.15, 0.2) is 0 Å². The molecule has 4 nitrogen and oxygen atoms in total. The fourth-order valence-corrected chi connectivity index (χ4v) is 2.12. The maximum absolute atomic E-state index is 11.9. The van der Waals surface area contributed by atoms with Gasteiger partial charge in [-0.25, -0.2) is 0 Å². The van der Waals surface area contributed by atoms with E-state index in [0.717, 1.165) is 12.0 Å². The van der Waals surface area contributed by atoms with Crippen LogP contribution < -0.4 is 15.8 Å². The zero-order valence-electron chi connectivity index (χ0n) is 12.0. The minimum Gasteiger partial charge on any atom is -0.495 e. The molecule has 0 aliphatic heterocycles. The Bertz CT molecular complexity index is 451. The molecule has 1 aromatic rings. The first-order chi connectivity index (χ1) is 8.90. The average Bonchev–Trinajstić information content (AvgIpc) is 2.36. The van der Waals surface area contributed by atoms with Crippen molar-refractivity contribution in [2.45, 2.75) is 38.8 Å². The van der Waals surface area contributed by atoms with E-state index in [2.05, 4.69) is 5.32 Å². The van der Waals surface area contributed by atoms with Gasteiger partial charge in [-0.15, -0.1) is 12.4 Å². The quantitative estimate of drug-likeness (QED) is 0.847. The molecule has 20 heavy (non-hydrogen) atoms. The highest BCUT2D eigenvalue weighted by Crippen LogP contribution is 2.24. The fraction of sp³-hybridized carbons (Fsp3) is 0.500. The lowest BCUT2D eigenvalue weighted by Gasteiger charge is -2.22. The second-order valence-corrected chi connectivity index (χ2v) is 5.23. The van der Waals surface area contributed by atoms with Gasteiger partial charge in [-0.05, 0) is 31.0 Å². The van der Waals surface area contributed by atoms with Crippen LogP contribution >= 0.6 is 24.0 Å². The third kappa shape index (κ3) is 5.19. The number of nitrogens with one attached hydrogen (secondary N) is 1. The molecule has 0 fully saturated rings. The van der Waals surface area contributed by atoms with Crippen molar-refractivity contribution in [3.05, 3.63) is 28.8 Å². The number of methoxy groups -OCH3 is 1. The summed E-state index contributed by atoms with van der Waals surface area (Å²) in [6.07, 6.45) is 1.52. The summed E-state index contributed by atoms with van der Waals surface area (Å²) in [6.45, 7) is 4.15. The van der Waals surface area contributed by atoms with Crippen molar-refractivity contribution in [3.63, 3.8) is 0 Å². The Hall–Kier alpha value is -0.970. The van der Waals surface area contributed by atoms with Crippen molar-refractivity contribution in [1.29, 1.82) is 0 Å². The first-order valence-corrected chi connectivity index (χ1v) is 6.68. The van der Waals surface area contributed by atoms with E-state index < -0.39 is 5.54 Å². The standard InChI is InChI=1S/C14H21ClN2O2.ClH/c1-4-7-14(2,16)13(18)17-9-10-5-6-12(19-3)11(15)8-10;/h5-6,8H,4,7,9,16H2,1-3H3,(H,17,18);1H. The normalized spacial score (nSPS) is 13.1. The van der Waals surface area contributed by atoms with E-state index in [0.29, 0.717) is 23.7 Å². The van der Waals surface area contributed by atoms with E-state index in [1.54, 1.807) is 26.2 Å². The molecular weight excluding hydrogens is 299 g/mol. The maximum atomic E-state index is 11.9. The van der Waals surface area contributed by atoms with Gasteiger partial charge in [0.2, 0.25) is 5.91 Å². The van der Waals surface area contributed by atoms with E-state index in [9.17, 15) is 4.79 Å². The second-order valence-electron chi connectivity index (χ2n) is 4.82. The van der Waals surface area contributed by atoms with Crippen molar-refractivity contribution in [3.8, 4) is 5.75 Å². The molecular formula is C14H22Cl2N2O2. The Labute approximate surface area is 131 Å². The zero-order chi connectivity index (χ0) is 14.5. The number of carbonyl (C=O) groups is 1. The predicted molar refractivity (Wildman–Crippen MR) is 84.6 cm³/mol. The Kier molecular flexibility index (Phi) is 7.94. The van der Waals surface area contributed by atoms with E-state index in [1.807, 2.05) is 13.0 Å². The molecule has 0 saturated carbocycles. The number of hydrogen-bond acceptors (Lipinski definition) is 3. The van der Waals surface area contributed by atoms with Crippen LogP contribution in [0.2, 0.25) is 5.02 Å². The molecule has 3 N–H and O–H groups in total. The van der Waals surface area contributed by atoms with E-state index >= 15 is 0 Å². The number of rotatable bonds is 6. The number of amides is 1. The van der Waals surface area contributed by atoms with Gasteiger partial charge in [-0.3, -0.25) is 4.79 Å². The monoisotopic (exact) mass is 320 g/mol. The molecule has 0 aliphatic carbocycles. The largest absolute Gasteiger partial charge is 0.495 e. The van der Waals surface area contributed by atoms with Crippen LogP contribution in [0.15, 0.2) is 18.2 Å². The summed E-state index contributed by atoms with van der Waals surface area (Å²) in [4.78, 5) is 11.9. The van der Waals surface area contributed by atoms with Crippen LogP contribution in [0.3, 0.4) is 0 Å². The van der Waals surface area contributed by atoms with E-state index in [-0.39, 0.29) is 18.3 Å². The third-order valence-electron chi connectivity index (χ3n) is 2.96. The molecule has 0 heterocycles. The lowest BCUT2D eigenvalue weighted by molar-refractivity contribution is -0.126. The number of hydrogen-bond donors (Lipinski definition) is 2. The van der Waals surface area contributed by atoms with Crippen molar-refractivity contribution in [2.24, 2.45) is 5.73 Å². The number of nitrogens with two attached hydrogens (primary N) is 1. The van der Waals surface area contributed by atoms with Gasteiger partial charge in [-0.2, -0.15) is 0 Å². The van der Waals surface area contributed by atoms with E-state index in [1.165, 1.54) is 0 Å². The van der Waals surface area contributed by atoms with Crippen molar-refractivity contribution in [2.75, 3.05) is 7.11 Å². The second kappa shape index (κ2) is 8.35. The third-order valence-corrected chi connectivity index (χ3v) is 3.25. The van der Waals surface area contributed by atoms with Crippen LogP contribution in [-0.2, 0) is 11.3 Å². The summed E-state index contributed by atoms with van der Waals surface area (Å²) in [5, 5.41) is 3.35. The van der Waals surface area contributed by atoms with Crippen LogP contribution in [0.1, 0.15) is 32.3 Å². The van der Waals surface area contributed by atoms with Gasteiger partial charge in [0.25, 0.3) is 0 Å². The van der Waals surface area contributed by atoms with Gasteiger partial charge >= 0.3 is 0 Å². The lowest BCUT2D eigenvalue weighted by Crippen LogP contribution is -2.51. The molecule has 1 rings (SSSR count). The van der Waals surface area contributed by atoms with Gasteiger partial charge in [0.1, 0.15) is 5.75 Å². The van der Waals surface area contributed by atoms with Gasteiger partial charge in [0.05, 0.1) is 17.7 Å². The molecule has 0 radical (unpaired) electrons. The Morgan fingerprint density at radius 2 is 2.15 bits per heavy atom. The maximum Gasteiger partial charge on any atom is 0.240 e. The molecule has 0 aliphatic rings. The molecule has 0 saturated heterocycles. The first-order valence-electron chi connectivity index (χ1n) is 6.30. The van der Waals surface area contributed by atoms with Gasteiger partial charge in [0, 0.05) is 6.54 Å². The minimum atomic E-state index is -0.828. The van der Waals surface area contributed by atoms with E-state index in [4.69, 9.17) is 22.1 Å². The van der Waals surface area contributed by atoms with Crippen LogP contribution in [-0.4, -0.2) is 18.6 Å².